The van der Waals surface area contributed by atoms with Crippen molar-refractivity contribution in [1.82, 2.24) is 10.2 Å². The first-order chi connectivity index (χ1) is 16.3. The van der Waals surface area contributed by atoms with Gasteiger partial charge in [-0.25, -0.2) is 12.8 Å². The standard InChI is InChI=1S/C23H29FN4O6S/c1-5-12-25-23(30)17(3)26(14-18-7-9-19(24)10-8-18)22(29)15-27(35(4,33)34)21-13-20(28(31)32)11-6-16(21)2/h6-11,13,17H,5,12,14-15H2,1-4H3,(H,25,30)/t17-/m0/s1. The number of carbonyl (C=O) groups excluding carboxylic acids is 2. The van der Waals surface area contributed by atoms with Gasteiger partial charge in [0.25, 0.3) is 5.69 Å². The average Bonchev–Trinajstić information content (AvgIpc) is 2.79. The molecule has 0 radical (unpaired) electrons. The first kappa shape index (κ1) is 27.7. The van der Waals surface area contributed by atoms with Crippen LogP contribution < -0.4 is 9.62 Å². The van der Waals surface area contributed by atoms with Gasteiger partial charge in [-0.2, -0.15) is 0 Å². The molecule has 0 aliphatic heterocycles. The summed E-state index contributed by atoms with van der Waals surface area (Å²) in [6.45, 7) is 4.58. The van der Waals surface area contributed by atoms with Crippen LogP contribution in [0.5, 0.6) is 0 Å². The zero-order valence-electron chi connectivity index (χ0n) is 20.0. The van der Waals surface area contributed by atoms with Crippen molar-refractivity contribution < 1.29 is 27.3 Å². The number of amides is 2. The zero-order chi connectivity index (χ0) is 26.3. The minimum atomic E-state index is -4.04. The van der Waals surface area contributed by atoms with Gasteiger partial charge in [-0.15, -0.1) is 0 Å². The van der Waals surface area contributed by atoms with Gasteiger partial charge in [0.15, 0.2) is 0 Å². The summed E-state index contributed by atoms with van der Waals surface area (Å²) >= 11 is 0. The Morgan fingerprint density at radius 2 is 1.80 bits per heavy atom. The van der Waals surface area contributed by atoms with Crippen molar-refractivity contribution >= 4 is 33.2 Å². The van der Waals surface area contributed by atoms with Gasteiger partial charge in [0.05, 0.1) is 16.9 Å². The van der Waals surface area contributed by atoms with Crippen LogP contribution in [-0.4, -0.2) is 55.4 Å². The molecule has 2 aromatic rings. The lowest BCUT2D eigenvalue weighted by Gasteiger charge is -2.31. The normalized spacial score (nSPS) is 12.0. The Morgan fingerprint density at radius 1 is 1.17 bits per heavy atom. The second-order valence-electron chi connectivity index (χ2n) is 8.11. The van der Waals surface area contributed by atoms with Crippen LogP contribution in [-0.2, 0) is 26.2 Å². The molecule has 0 unspecified atom stereocenters. The van der Waals surface area contributed by atoms with Gasteiger partial charge in [0.2, 0.25) is 21.8 Å². The topological polar surface area (TPSA) is 130 Å². The number of nitrogens with zero attached hydrogens (tertiary/aromatic N) is 3. The third-order valence-electron chi connectivity index (χ3n) is 5.33. The van der Waals surface area contributed by atoms with E-state index in [4.69, 9.17) is 0 Å². The highest BCUT2D eigenvalue weighted by molar-refractivity contribution is 7.92. The summed E-state index contributed by atoms with van der Waals surface area (Å²) in [6.07, 6.45) is 1.57. The van der Waals surface area contributed by atoms with Crippen LogP contribution in [0.15, 0.2) is 42.5 Å². The van der Waals surface area contributed by atoms with Crippen LogP contribution in [0.4, 0.5) is 15.8 Å². The Bertz CT molecular complexity index is 1190. The number of rotatable bonds is 11. The van der Waals surface area contributed by atoms with Crippen molar-refractivity contribution in [3.05, 3.63) is 69.5 Å². The predicted molar refractivity (Wildman–Crippen MR) is 130 cm³/mol. The van der Waals surface area contributed by atoms with E-state index in [1.54, 1.807) is 6.92 Å². The second-order valence-corrected chi connectivity index (χ2v) is 10.0. The smallest absolute Gasteiger partial charge is 0.271 e. The molecule has 2 amide bonds. The molecule has 0 saturated carbocycles. The van der Waals surface area contributed by atoms with Gasteiger partial charge in [-0.1, -0.05) is 25.1 Å². The number of non-ortho nitro benzene ring substituents is 1. The minimum absolute atomic E-state index is 0.0140. The van der Waals surface area contributed by atoms with Crippen LogP contribution in [0.1, 0.15) is 31.4 Å². The minimum Gasteiger partial charge on any atom is -0.354 e. The lowest BCUT2D eigenvalue weighted by Crippen LogP contribution is -2.51. The molecule has 2 rings (SSSR count). The first-order valence-electron chi connectivity index (χ1n) is 10.9. The summed E-state index contributed by atoms with van der Waals surface area (Å²) in [5.74, 6) is -1.60. The fourth-order valence-electron chi connectivity index (χ4n) is 3.34. The van der Waals surface area contributed by atoms with Gasteiger partial charge in [0.1, 0.15) is 18.4 Å². The largest absolute Gasteiger partial charge is 0.354 e. The maximum absolute atomic E-state index is 13.4. The third kappa shape index (κ3) is 7.47. The molecular weight excluding hydrogens is 479 g/mol. The average molecular weight is 509 g/mol. The van der Waals surface area contributed by atoms with Crippen molar-refractivity contribution in [2.45, 2.75) is 39.8 Å². The van der Waals surface area contributed by atoms with E-state index in [0.29, 0.717) is 24.1 Å². The third-order valence-corrected chi connectivity index (χ3v) is 6.46. The molecule has 2 aromatic carbocycles. The summed E-state index contributed by atoms with van der Waals surface area (Å²) in [4.78, 5) is 37.8. The SMILES string of the molecule is CCCNC(=O)[C@H](C)N(Cc1ccc(F)cc1)C(=O)CN(c1cc([N+](=O)[O-])ccc1C)S(C)(=O)=O. The summed E-state index contributed by atoms with van der Waals surface area (Å²) in [5.41, 5.74) is 0.599. The molecule has 12 heteroatoms. The summed E-state index contributed by atoms with van der Waals surface area (Å²) < 4.78 is 39.4. The number of halogens is 1. The maximum Gasteiger partial charge on any atom is 0.271 e. The fraction of sp³-hybridized carbons (Fsp3) is 0.391. The van der Waals surface area contributed by atoms with E-state index >= 15 is 0 Å². The molecule has 1 N–H and O–H groups in total. The van der Waals surface area contributed by atoms with E-state index in [1.807, 2.05) is 6.92 Å². The van der Waals surface area contributed by atoms with Gasteiger partial charge in [-0.3, -0.25) is 24.0 Å². The highest BCUT2D eigenvalue weighted by Gasteiger charge is 2.31. The Labute approximate surface area is 203 Å². The first-order valence-corrected chi connectivity index (χ1v) is 12.7. The molecule has 0 spiro atoms. The number of nitrogens with one attached hydrogen (secondary N) is 1. The van der Waals surface area contributed by atoms with E-state index in [9.17, 15) is 32.5 Å². The van der Waals surface area contributed by atoms with Crippen LogP contribution in [0.2, 0.25) is 0 Å². The predicted octanol–water partition coefficient (Wildman–Crippen LogP) is 2.75. The summed E-state index contributed by atoms with van der Waals surface area (Å²) in [5, 5.41) is 13.9. The Balaban J connectivity index is 2.45. The van der Waals surface area contributed by atoms with Crippen LogP contribution in [0.3, 0.4) is 0 Å². The van der Waals surface area contributed by atoms with Crippen LogP contribution in [0.25, 0.3) is 0 Å². The van der Waals surface area contributed by atoms with Crippen molar-refractivity contribution in [2.75, 3.05) is 23.7 Å². The number of anilines is 1. The Hall–Kier alpha value is -3.54. The van der Waals surface area contributed by atoms with Crippen molar-refractivity contribution in [2.24, 2.45) is 0 Å². The molecule has 0 aromatic heterocycles. The highest BCUT2D eigenvalue weighted by atomic mass is 32.2. The Kier molecular flexibility index (Phi) is 9.29. The molecule has 190 valence electrons. The molecule has 0 fully saturated rings. The molecule has 35 heavy (non-hydrogen) atoms. The van der Waals surface area contributed by atoms with E-state index in [0.717, 1.165) is 16.6 Å². The van der Waals surface area contributed by atoms with Gasteiger partial charge < -0.3 is 10.2 Å². The fourth-order valence-corrected chi connectivity index (χ4v) is 4.24. The van der Waals surface area contributed by atoms with Crippen molar-refractivity contribution in [1.29, 1.82) is 0 Å². The van der Waals surface area contributed by atoms with E-state index in [1.165, 1.54) is 48.2 Å². The number of nitro groups is 1. The number of carbonyl (C=O) groups is 2. The van der Waals surface area contributed by atoms with E-state index in [2.05, 4.69) is 5.32 Å². The molecule has 10 nitrogen and oxygen atoms in total. The lowest BCUT2D eigenvalue weighted by atomic mass is 10.1. The maximum atomic E-state index is 13.4. The number of aryl methyl sites for hydroxylation is 1. The number of nitro benzene ring substituents is 1. The Morgan fingerprint density at radius 3 is 2.34 bits per heavy atom. The van der Waals surface area contributed by atoms with Gasteiger partial charge >= 0.3 is 0 Å². The van der Waals surface area contributed by atoms with Gasteiger partial charge in [-0.05, 0) is 43.5 Å². The molecule has 0 aliphatic rings. The highest BCUT2D eigenvalue weighted by Crippen LogP contribution is 2.28. The molecule has 1 atom stereocenters. The summed E-state index contributed by atoms with van der Waals surface area (Å²) in [6, 6.07) is 8.12. The zero-order valence-corrected chi connectivity index (χ0v) is 20.8. The number of hydrogen-bond donors (Lipinski definition) is 1. The number of hydrogen-bond acceptors (Lipinski definition) is 6. The molecule has 0 aliphatic carbocycles. The van der Waals surface area contributed by atoms with E-state index < -0.39 is 45.2 Å². The van der Waals surface area contributed by atoms with E-state index in [-0.39, 0.29) is 17.9 Å². The second kappa shape index (κ2) is 11.7. The molecule has 0 bridgehead atoms. The number of benzene rings is 2. The lowest BCUT2D eigenvalue weighted by molar-refractivity contribution is -0.384. The molecular formula is C23H29FN4O6S. The quantitative estimate of drug-likeness (QED) is 0.367. The van der Waals surface area contributed by atoms with Crippen LogP contribution in [0, 0.1) is 22.9 Å². The molecule has 0 saturated heterocycles. The molecule has 0 heterocycles. The number of sulfonamides is 1. The van der Waals surface area contributed by atoms with Crippen molar-refractivity contribution in [3.8, 4) is 0 Å². The summed E-state index contributed by atoms with van der Waals surface area (Å²) in [7, 11) is -4.04. The van der Waals surface area contributed by atoms with Gasteiger partial charge in [0, 0.05) is 25.2 Å². The monoisotopic (exact) mass is 508 g/mol. The van der Waals surface area contributed by atoms with Crippen molar-refractivity contribution in [3.63, 3.8) is 0 Å². The van der Waals surface area contributed by atoms with Crippen LogP contribution >= 0.6 is 0 Å².